The second-order valence-corrected chi connectivity index (χ2v) is 4.84. The van der Waals surface area contributed by atoms with E-state index in [2.05, 4.69) is 33.7 Å². The van der Waals surface area contributed by atoms with E-state index in [1.165, 1.54) is 0 Å². The van der Waals surface area contributed by atoms with Crippen LogP contribution in [0, 0.1) is 18.8 Å². The fraction of sp³-hybridized carbons (Fsp3) is 0.500. The highest BCUT2D eigenvalue weighted by atomic mass is 15.2. The van der Waals surface area contributed by atoms with Crippen molar-refractivity contribution in [3.63, 3.8) is 0 Å². The molecular formula is C14H20N4. The van der Waals surface area contributed by atoms with Crippen molar-refractivity contribution in [2.75, 3.05) is 45.5 Å². The van der Waals surface area contributed by atoms with Gasteiger partial charge >= 0.3 is 0 Å². The van der Waals surface area contributed by atoms with E-state index in [9.17, 15) is 0 Å². The van der Waals surface area contributed by atoms with Gasteiger partial charge in [0, 0.05) is 26.2 Å². The number of nitrogens with two attached hydrogens (primary N) is 1. The molecule has 1 fully saturated rings. The summed E-state index contributed by atoms with van der Waals surface area (Å²) in [6, 6.07) is 3.82. The molecule has 4 nitrogen and oxygen atoms in total. The maximum absolute atomic E-state index is 5.69. The third-order valence-corrected chi connectivity index (χ3v) is 3.10. The number of anilines is 1. The standard InChI is InChI=1S/C14H20N4/c1-12-10-13(16-14(15)11-12)4-3-5-18-8-6-17(2)7-9-18/h10-11H,5-9H2,1-2H3,(H2,15,16). The van der Waals surface area contributed by atoms with Gasteiger partial charge in [-0.1, -0.05) is 5.92 Å². The number of aromatic nitrogens is 1. The van der Waals surface area contributed by atoms with Crippen molar-refractivity contribution < 1.29 is 0 Å². The Morgan fingerprint density at radius 3 is 2.67 bits per heavy atom. The maximum Gasteiger partial charge on any atom is 0.125 e. The summed E-state index contributed by atoms with van der Waals surface area (Å²) < 4.78 is 0. The van der Waals surface area contributed by atoms with Crippen LogP contribution in [0.25, 0.3) is 0 Å². The summed E-state index contributed by atoms with van der Waals surface area (Å²) >= 11 is 0. The smallest absolute Gasteiger partial charge is 0.125 e. The van der Waals surface area contributed by atoms with Gasteiger partial charge in [0.2, 0.25) is 0 Å². The average molecular weight is 244 g/mol. The number of nitrogen functional groups attached to an aromatic ring is 1. The van der Waals surface area contributed by atoms with Crippen molar-refractivity contribution in [2.24, 2.45) is 0 Å². The minimum absolute atomic E-state index is 0.541. The third kappa shape index (κ3) is 3.73. The van der Waals surface area contributed by atoms with E-state index in [1.54, 1.807) is 0 Å². The molecule has 1 saturated heterocycles. The fourth-order valence-electron chi connectivity index (χ4n) is 2.01. The number of nitrogens with zero attached hydrogens (tertiary/aromatic N) is 3. The largest absolute Gasteiger partial charge is 0.384 e. The first-order chi connectivity index (χ1) is 8.63. The lowest BCUT2D eigenvalue weighted by atomic mass is 10.2. The Labute approximate surface area is 109 Å². The Bertz CT molecular complexity index is 444. The zero-order valence-electron chi connectivity index (χ0n) is 11.1. The van der Waals surface area contributed by atoms with Crippen molar-refractivity contribution in [1.82, 2.24) is 14.8 Å². The van der Waals surface area contributed by atoms with Crippen LogP contribution in [0.15, 0.2) is 12.1 Å². The van der Waals surface area contributed by atoms with Crippen molar-refractivity contribution in [3.05, 3.63) is 23.4 Å². The molecule has 0 atom stereocenters. The molecule has 0 radical (unpaired) electrons. The first-order valence-electron chi connectivity index (χ1n) is 6.27. The number of hydrogen-bond acceptors (Lipinski definition) is 4. The van der Waals surface area contributed by atoms with E-state index in [4.69, 9.17) is 5.73 Å². The number of likely N-dealkylation sites (N-methyl/N-ethyl adjacent to an activating group) is 1. The highest BCUT2D eigenvalue weighted by Gasteiger charge is 2.11. The second-order valence-electron chi connectivity index (χ2n) is 4.84. The summed E-state index contributed by atoms with van der Waals surface area (Å²) in [7, 11) is 2.16. The molecule has 18 heavy (non-hydrogen) atoms. The SMILES string of the molecule is Cc1cc(N)nc(C#CCN2CCN(C)CC2)c1. The Hall–Kier alpha value is -1.57. The number of rotatable bonds is 1. The first-order valence-corrected chi connectivity index (χ1v) is 6.27. The highest BCUT2D eigenvalue weighted by molar-refractivity contribution is 5.40. The van der Waals surface area contributed by atoms with Gasteiger partial charge in [-0.2, -0.15) is 0 Å². The molecule has 2 heterocycles. The summed E-state index contributed by atoms with van der Waals surface area (Å²) in [6.07, 6.45) is 0. The number of piperazine rings is 1. The number of aryl methyl sites for hydroxylation is 1. The molecule has 0 unspecified atom stereocenters. The van der Waals surface area contributed by atoms with E-state index in [-0.39, 0.29) is 0 Å². The van der Waals surface area contributed by atoms with Gasteiger partial charge in [0.15, 0.2) is 0 Å². The zero-order chi connectivity index (χ0) is 13.0. The summed E-state index contributed by atoms with van der Waals surface area (Å²) in [5.74, 6) is 6.81. The molecule has 1 aliphatic rings. The minimum Gasteiger partial charge on any atom is -0.384 e. The van der Waals surface area contributed by atoms with E-state index >= 15 is 0 Å². The topological polar surface area (TPSA) is 45.4 Å². The molecule has 0 amide bonds. The number of pyridine rings is 1. The van der Waals surface area contributed by atoms with Crippen LogP contribution >= 0.6 is 0 Å². The van der Waals surface area contributed by atoms with E-state index in [1.807, 2.05) is 19.1 Å². The first kappa shape index (κ1) is 12.9. The van der Waals surface area contributed by atoms with Gasteiger partial charge < -0.3 is 10.6 Å². The minimum atomic E-state index is 0.541. The molecule has 0 bridgehead atoms. The zero-order valence-corrected chi connectivity index (χ0v) is 11.1. The lowest BCUT2D eigenvalue weighted by Crippen LogP contribution is -2.44. The molecule has 1 aliphatic heterocycles. The molecule has 0 aliphatic carbocycles. The van der Waals surface area contributed by atoms with Gasteiger partial charge in [0.1, 0.15) is 11.5 Å². The van der Waals surface area contributed by atoms with Crippen LogP contribution in [-0.2, 0) is 0 Å². The molecule has 0 spiro atoms. The van der Waals surface area contributed by atoms with Gasteiger partial charge in [-0.05, 0) is 37.6 Å². The van der Waals surface area contributed by atoms with E-state index in [0.717, 1.165) is 44.0 Å². The lowest BCUT2D eigenvalue weighted by Gasteiger charge is -2.30. The van der Waals surface area contributed by atoms with Crippen LogP contribution in [0.3, 0.4) is 0 Å². The van der Waals surface area contributed by atoms with Crippen molar-refractivity contribution >= 4 is 5.82 Å². The summed E-state index contributed by atoms with van der Waals surface area (Å²) in [6.45, 7) is 7.24. The normalized spacial score (nSPS) is 17.2. The van der Waals surface area contributed by atoms with Crippen LogP contribution in [-0.4, -0.2) is 54.6 Å². The van der Waals surface area contributed by atoms with Crippen molar-refractivity contribution in [1.29, 1.82) is 0 Å². The molecule has 0 saturated carbocycles. The summed E-state index contributed by atoms with van der Waals surface area (Å²) in [5, 5.41) is 0. The van der Waals surface area contributed by atoms with Gasteiger partial charge in [-0.15, -0.1) is 0 Å². The molecular weight excluding hydrogens is 224 g/mol. The second kappa shape index (κ2) is 5.85. The van der Waals surface area contributed by atoms with Gasteiger partial charge in [-0.3, -0.25) is 4.90 Å². The molecule has 4 heteroatoms. The highest BCUT2D eigenvalue weighted by Crippen LogP contribution is 2.05. The average Bonchev–Trinajstić information content (AvgIpc) is 2.30. The monoisotopic (exact) mass is 244 g/mol. The maximum atomic E-state index is 5.69. The van der Waals surface area contributed by atoms with Crippen molar-refractivity contribution in [3.8, 4) is 11.8 Å². The van der Waals surface area contributed by atoms with Crippen LogP contribution in [0.2, 0.25) is 0 Å². The lowest BCUT2D eigenvalue weighted by molar-refractivity contribution is 0.168. The molecule has 1 aromatic heterocycles. The summed E-state index contributed by atoms with van der Waals surface area (Å²) in [4.78, 5) is 8.91. The van der Waals surface area contributed by atoms with Crippen LogP contribution in [0.4, 0.5) is 5.82 Å². The molecule has 1 aromatic rings. The third-order valence-electron chi connectivity index (χ3n) is 3.10. The Balaban J connectivity index is 1.92. The quantitative estimate of drug-likeness (QED) is 0.734. The fourth-order valence-corrected chi connectivity index (χ4v) is 2.01. The van der Waals surface area contributed by atoms with Crippen molar-refractivity contribution in [2.45, 2.75) is 6.92 Å². The predicted molar refractivity (Wildman–Crippen MR) is 74.2 cm³/mol. The predicted octanol–water partition coefficient (Wildman–Crippen LogP) is 0.571. The Morgan fingerprint density at radius 2 is 2.00 bits per heavy atom. The molecule has 2 rings (SSSR count). The molecule has 96 valence electrons. The van der Waals surface area contributed by atoms with Gasteiger partial charge in [0.25, 0.3) is 0 Å². The number of hydrogen-bond donors (Lipinski definition) is 1. The molecule has 0 aromatic carbocycles. The van der Waals surface area contributed by atoms with E-state index in [0.29, 0.717) is 5.82 Å². The van der Waals surface area contributed by atoms with Gasteiger partial charge in [0.05, 0.1) is 6.54 Å². The molecule has 2 N–H and O–H groups in total. The Morgan fingerprint density at radius 1 is 1.28 bits per heavy atom. The van der Waals surface area contributed by atoms with E-state index < -0.39 is 0 Å². The van der Waals surface area contributed by atoms with Crippen LogP contribution < -0.4 is 5.73 Å². The van der Waals surface area contributed by atoms with Gasteiger partial charge in [-0.25, -0.2) is 4.98 Å². The summed E-state index contributed by atoms with van der Waals surface area (Å²) in [5.41, 5.74) is 7.56. The van der Waals surface area contributed by atoms with Crippen LogP contribution in [0.5, 0.6) is 0 Å². The van der Waals surface area contributed by atoms with Crippen LogP contribution in [0.1, 0.15) is 11.3 Å². The Kier molecular flexibility index (Phi) is 4.19.